The van der Waals surface area contributed by atoms with Crippen LogP contribution in [-0.2, 0) is 29.0 Å². The van der Waals surface area contributed by atoms with Crippen molar-refractivity contribution in [2.45, 2.75) is 39.0 Å². The summed E-state index contributed by atoms with van der Waals surface area (Å²) in [5.41, 5.74) is 3.04. The zero-order valence-electron chi connectivity index (χ0n) is 15.6. The molecule has 0 fully saturated rings. The van der Waals surface area contributed by atoms with E-state index in [2.05, 4.69) is 10.3 Å². The largest absolute Gasteiger partial charge is 0.484 e. The Morgan fingerprint density at radius 2 is 2.00 bits per heavy atom. The summed E-state index contributed by atoms with van der Waals surface area (Å²) in [4.78, 5) is 28.3. The summed E-state index contributed by atoms with van der Waals surface area (Å²) < 4.78 is 46.4. The van der Waals surface area contributed by atoms with Crippen molar-refractivity contribution in [3.8, 4) is 5.75 Å². The predicted molar refractivity (Wildman–Crippen MR) is 96.3 cm³/mol. The minimum absolute atomic E-state index is 0.0544. The summed E-state index contributed by atoms with van der Waals surface area (Å²) in [6.45, 7) is 1.37. The van der Waals surface area contributed by atoms with Crippen molar-refractivity contribution >= 4 is 11.9 Å². The summed E-state index contributed by atoms with van der Waals surface area (Å²) in [7, 11) is 0. The van der Waals surface area contributed by atoms with E-state index in [1.165, 1.54) is 12.3 Å². The van der Waals surface area contributed by atoms with Gasteiger partial charge in [0, 0.05) is 24.8 Å². The van der Waals surface area contributed by atoms with Crippen LogP contribution in [0.2, 0.25) is 0 Å². The van der Waals surface area contributed by atoms with Crippen molar-refractivity contribution in [3.05, 3.63) is 58.4 Å². The van der Waals surface area contributed by atoms with Crippen molar-refractivity contribution in [1.29, 1.82) is 0 Å². The lowest BCUT2D eigenvalue weighted by atomic mass is 10.1. The van der Waals surface area contributed by atoms with E-state index in [0.717, 1.165) is 11.1 Å². The molecule has 1 aliphatic heterocycles. The minimum Gasteiger partial charge on any atom is -0.484 e. The number of fused-ring (bicyclic) bond motifs is 1. The van der Waals surface area contributed by atoms with Crippen LogP contribution in [-0.4, -0.2) is 29.7 Å². The van der Waals surface area contributed by atoms with Crippen molar-refractivity contribution in [2.75, 3.05) is 6.61 Å². The Morgan fingerprint density at radius 1 is 1.21 bits per heavy atom. The molecule has 1 aromatic carbocycles. The summed E-state index contributed by atoms with van der Waals surface area (Å²) in [5.74, 6) is -1.36. The Bertz CT molecular complexity index is 928. The number of rotatable bonds is 6. The number of ether oxygens (including phenoxy) is 2. The molecule has 0 amide bonds. The first-order valence-corrected chi connectivity index (χ1v) is 8.94. The van der Waals surface area contributed by atoms with Crippen molar-refractivity contribution in [1.82, 2.24) is 10.3 Å². The molecule has 0 spiro atoms. The number of nitrogens with one attached hydrogen (secondary N) is 1. The first-order chi connectivity index (χ1) is 13.7. The molecule has 3 rings (SSSR count). The van der Waals surface area contributed by atoms with Gasteiger partial charge in [-0.3, -0.25) is 4.79 Å². The highest BCUT2D eigenvalue weighted by molar-refractivity contribution is 5.96. The van der Waals surface area contributed by atoms with Gasteiger partial charge in [-0.2, -0.15) is 13.2 Å². The van der Waals surface area contributed by atoms with E-state index in [9.17, 15) is 22.8 Å². The number of aromatic nitrogens is 1. The van der Waals surface area contributed by atoms with E-state index in [1.807, 2.05) is 0 Å². The summed E-state index contributed by atoms with van der Waals surface area (Å²) in [6, 6.07) is 6.44. The smallest absolute Gasteiger partial charge is 0.422 e. The summed E-state index contributed by atoms with van der Waals surface area (Å²) in [5, 5.41) is 3.10. The van der Waals surface area contributed by atoms with E-state index in [1.54, 1.807) is 25.1 Å². The fraction of sp³-hybridized carbons (Fsp3) is 0.350. The fourth-order valence-corrected chi connectivity index (χ4v) is 3.03. The molecule has 154 valence electrons. The van der Waals surface area contributed by atoms with E-state index in [0.29, 0.717) is 24.2 Å². The van der Waals surface area contributed by atoms with Crippen LogP contribution in [0.25, 0.3) is 0 Å². The van der Waals surface area contributed by atoms with Crippen LogP contribution in [0.15, 0.2) is 30.5 Å². The number of nitrogens with zero attached hydrogens (tertiary/aromatic N) is 1. The number of hydrogen-bond acceptors (Lipinski definition) is 6. The second kappa shape index (κ2) is 8.60. The van der Waals surface area contributed by atoms with E-state index in [-0.39, 0.29) is 24.3 Å². The van der Waals surface area contributed by atoms with E-state index < -0.39 is 24.7 Å². The van der Waals surface area contributed by atoms with Crippen LogP contribution in [0.4, 0.5) is 13.2 Å². The standard InChI is InChI=1S/C20H19F3N2O4/c1-12-8-13(2-4-16(12)28-11-20(21,22)23)3-5-17(26)29-19(27)18-15-10-24-9-14(15)6-7-25-18/h2,4,6-8,24H,3,5,9-11H2,1H3. The van der Waals surface area contributed by atoms with Crippen LogP contribution in [0.5, 0.6) is 5.75 Å². The van der Waals surface area contributed by atoms with Crippen LogP contribution < -0.4 is 10.1 Å². The molecule has 0 radical (unpaired) electrons. The molecule has 9 heteroatoms. The molecule has 29 heavy (non-hydrogen) atoms. The van der Waals surface area contributed by atoms with Gasteiger partial charge >= 0.3 is 18.1 Å². The maximum atomic E-state index is 12.3. The molecule has 2 aromatic rings. The Balaban J connectivity index is 1.54. The van der Waals surface area contributed by atoms with Gasteiger partial charge in [0.05, 0.1) is 6.42 Å². The number of esters is 2. The first kappa shape index (κ1) is 20.8. The van der Waals surface area contributed by atoms with Crippen LogP contribution in [0.3, 0.4) is 0 Å². The normalized spacial score (nSPS) is 13.1. The lowest BCUT2D eigenvalue weighted by molar-refractivity contribution is -0.153. The highest BCUT2D eigenvalue weighted by Gasteiger charge is 2.28. The number of halogens is 3. The molecule has 0 bridgehead atoms. The van der Waals surface area contributed by atoms with Gasteiger partial charge in [0.2, 0.25) is 0 Å². The Labute approximate surface area is 165 Å². The molecule has 0 saturated carbocycles. The molecule has 1 aromatic heterocycles. The molecule has 0 aliphatic carbocycles. The average molecular weight is 408 g/mol. The molecule has 1 N–H and O–H groups in total. The zero-order chi connectivity index (χ0) is 21.0. The molecule has 0 unspecified atom stereocenters. The highest BCUT2D eigenvalue weighted by Crippen LogP contribution is 2.23. The molecule has 0 saturated heterocycles. The first-order valence-electron chi connectivity index (χ1n) is 8.94. The lowest BCUT2D eigenvalue weighted by Crippen LogP contribution is -2.19. The number of aryl methyl sites for hydroxylation is 2. The van der Waals surface area contributed by atoms with Crippen molar-refractivity contribution in [3.63, 3.8) is 0 Å². The Kier molecular flexibility index (Phi) is 6.17. The lowest BCUT2D eigenvalue weighted by Gasteiger charge is -2.12. The van der Waals surface area contributed by atoms with Crippen LogP contribution >= 0.6 is 0 Å². The minimum atomic E-state index is -4.41. The molecule has 2 heterocycles. The number of benzene rings is 1. The third-order valence-corrected chi connectivity index (χ3v) is 4.42. The monoisotopic (exact) mass is 408 g/mol. The molecule has 6 nitrogen and oxygen atoms in total. The van der Waals surface area contributed by atoms with Crippen molar-refractivity contribution in [2.24, 2.45) is 0 Å². The summed E-state index contributed by atoms with van der Waals surface area (Å²) >= 11 is 0. The average Bonchev–Trinajstić information content (AvgIpc) is 3.13. The topological polar surface area (TPSA) is 77.5 Å². The fourth-order valence-electron chi connectivity index (χ4n) is 3.03. The zero-order valence-corrected chi connectivity index (χ0v) is 15.6. The SMILES string of the molecule is Cc1cc(CCC(=O)OC(=O)c2nccc3c2CNC3)ccc1OCC(F)(F)F. The van der Waals surface area contributed by atoms with Crippen LogP contribution in [0.1, 0.15) is 39.2 Å². The molecule has 1 aliphatic rings. The quantitative estimate of drug-likeness (QED) is 0.584. The molecular weight excluding hydrogens is 389 g/mol. The number of carbonyl (C=O) groups excluding carboxylic acids is 2. The van der Waals surface area contributed by atoms with Gasteiger partial charge in [0.25, 0.3) is 0 Å². The molecular formula is C20H19F3N2O4. The second-order valence-corrected chi connectivity index (χ2v) is 6.67. The maximum Gasteiger partial charge on any atom is 0.422 e. The van der Waals surface area contributed by atoms with Gasteiger partial charge in [-0.1, -0.05) is 12.1 Å². The third kappa shape index (κ3) is 5.54. The summed E-state index contributed by atoms with van der Waals surface area (Å²) in [6.07, 6.45) is -2.70. The third-order valence-electron chi connectivity index (χ3n) is 4.42. The van der Waals surface area contributed by atoms with Gasteiger partial charge in [0.1, 0.15) is 5.75 Å². The van der Waals surface area contributed by atoms with E-state index >= 15 is 0 Å². The second-order valence-electron chi connectivity index (χ2n) is 6.67. The van der Waals surface area contributed by atoms with E-state index in [4.69, 9.17) is 9.47 Å². The van der Waals surface area contributed by atoms with Crippen LogP contribution in [0, 0.1) is 6.92 Å². The Morgan fingerprint density at radius 3 is 2.72 bits per heavy atom. The Hall–Kier alpha value is -2.94. The molecule has 0 atom stereocenters. The number of carbonyl (C=O) groups is 2. The number of pyridine rings is 1. The van der Waals surface area contributed by atoms with Gasteiger partial charge in [-0.25, -0.2) is 9.78 Å². The number of hydrogen-bond donors (Lipinski definition) is 1. The predicted octanol–water partition coefficient (Wildman–Crippen LogP) is 3.25. The van der Waals surface area contributed by atoms with Gasteiger partial charge in [-0.05, 0) is 42.2 Å². The number of alkyl halides is 3. The van der Waals surface area contributed by atoms with Gasteiger partial charge in [0.15, 0.2) is 12.3 Å². The maximum absolute atomic E-state index is 12.3. The van der Waals surface area contributed by atoms with Gasteiger partial charge < -0.3 is 14.8 Å². The van der Waals surface area contributed by atoms with Crippen molar-refractivity contribution < 1.29 is 32.2 Å². The highest BCUT2D eigenvalue weighted by atomic mass is 19.4. The van der Waals surface area contributed by atoms with Gasteiger partial charge in [-0.15, -0.1) is 0 Å².